The molecule has 0 saturated carbocycles. The van der Waals surface area contributed by atoms with Crippen LogP contribution in [-0.2, 0) is 26.2 Å². The van der Waals surface area contributed by atoms with Crippen molar-refractivity contribution in [3.63, 3.8) is 0 Å². The summed E-state index contributed by atoms with van der Waals surface area (Å²) in [5.74, 6) is -0.632. The van der Waals surface area contributed by atoms with Crippen molar-refractivity contribution in [1.29, 1.82) is 0 Å². The van der Waals surface area contributed by atoms with Gasteiger partial charge in [-0.05, 0) is 36.2 Å². The molecule has 180 valence electrons. The number of methoxy groups -OCH3 is 1. The number of sulfonamides is 1. The van der Waals surface area contributed by atoms with Crippen LogP contribution in [0.25, 0.3) is 0 Å². The standard InChI is InChI=1S/C22H27Cl2N3O5S/c1-5-18(22(29)25-2)26(13-15-10-11-16(23)17(24)12-15)21(28)14-27(33(4,30)31)19-8-6-7-9-20(19)32-3/h6-12,18H,5,13-14H2,1-4H3,(H,25,29). The minimum absolute atomic E-state index is 0.0329. The topological polar surface area (TPSA) is 96.0 Å². The zero-order valence-electron chi connectivity index (χ0n) is 18.8. The number of nitrogens with zero attached hydrogens (tertiary/aromatic N) is 2. The van der Waals surface area contributed by atoms with Crippen LogP contribution in [0.5, 0.6) is 5.75 Å². The van der Waals surface area contributed by atoms with Crippen molar-refractivity contribution >= 4 is 50.7 Å². The van der Waals surface area contributed by atoms with Crippen LogP contribution in [0.15, 0.2) is 42.5 Å². The van der Waals surface area contributed by atoms with Crippen LogP contribution >= 0.6 is 23.2 Å². The molecule has 0 bridgehead atoms. The molecule has 2 rings (SSSR count). The smallest absolute Gasteiger partial charge is 0.244 e. The number of halogens is 2. The Morgan fingerprint density at radius 1 is 1.12 bits per heavy atom. The number of ether oxygens (including phenoxy) is 1. The largest absolute Gasteiger partial charge is 0.495 e. The molecule has 0 aliphatic rings. The number of likely N-dealkylation sites (N-methyl/N-ethyl adjacent to an activating group) is 1. The second kappa shape index (κ2) is 11.6. The van der Waals surface area contributed by atoms with Crippen molar-refractivity contribution in [1.82, 2.24) is 10.2 Å². The zero-order chi connectivity index (χ0) is 24.8. The van der Waals surface area contributed by atoms with Crippen molar-refractivity contribution in [3.8, 4) is 5.75 Å². The predicted molar refractivity (Wildman–Crippen MR) is 130 cm³/mol. The van der Waals surface area contributed by atoms with E-state index < -0.39 is 28.5 Å². The highest BCUT2D eigenvalue weighted by atomic mass is 35.5. The number of para-hydroxylation sites is 2. The van der Waals surface area contributed by atoms with Gasteiger partial charge in [-0.1, -0.05) is 48.3 Å². The Kier molecular flexibility index (Phi) is 9.39. The summed E-state index contributed by atoms with van der Waals surface area (Å²) in [6, 6.07) is 10.6. The molecule has 0 aliphatic heterocycles. The number of anilines is 1. The molecule has 0 fully saturated rings. The van der Waals surface area contributed by atoms with E-state index >= 15 is 0 Å². The summed E-state index contributed by atoms with van der Waals surface area (Å²) < 4.78 is 31.5. The third-order valence-corrected chi connectivity index (χ3v) is 6.87. The molecule has 0 aromatic heterocycles. The number of carbonyl (C=O) groups excluding carboxylic acids is 2. The first-order valence-electron chi connectivity index (χ1n) is 10.1. The maximum Gasteiger partial charge on any atom is 0.244 e. The van der Waals surface area contributed by atoms with E-state index in [0.29, 0.717) is 27.8 Å². The van der Waals surface area contributed by atoms with E-state index in [1.54, 1.807) is 49.4 Å². The lowest BCUT2D eigenvalue weighted by Crippen LogP contribution is -2.51. The molecule has 2 aromatic rings. The maximum absolute atomic E-state index is 13.5. The van der Waals surface area contributed by atoms with E-state index in [-0.39, 0.29) is 18.1 Å². The molecule has 33 heavy (non-hydrogen) atoms. The molecule has 0 spiro atoms. The molecule has 8 nitrogen and oxygen atoms in total. The van der Waals surface area contributed by atoms with Crippen LogP contribution in [0.4, 0.5) is 5.69 Å². The molecule has 0 aliphatic carbocycles. The highest BCUT2D eigenvalue weighted by Gasteiger charge is 2.32. The first-order chi connectivity index (χ1) is 15.5. The molecule has 0 saturated heterocycles. The molecule has 1 N–H and O–H groups in total. The van der Waals surface area contributed by atoms with Gasteiger partial charge in [-0.3, -0.25) is 13.9 Å². The second-order valence-corrected chi connectivity index (χ2v) is 9.97. The average Bonchev–Trinajstić information content (AvgIpc) is 2.78. The van der Waals surface area contributed by atoms with Crippen LogP contribution in [0.1, 0.15) is 18.9 Å². The summed E-state index contributed by atoms with van der Waals surface area (Å²) >= 11 is 12.1. The van der Waals surface area contributed by atoms with Gasteiger partial charge in [-0.25, -0.2) is 8.42 Å². The molecule has 0 heterocycles. The molecule has 1 unspecified atom stereocenters. The van der Waals surface area contributed by atoms with Gasteiger partial charge in [0, 0.05) is 13.6 Å². The Morgan fingerprint density at radius 2 is 1.79 bits per heavy atom. The van der Waals surface area contributed by atoms with Gasteiger partial charge in [-0.2, -0.15) is 0 Å². The van der Waals surface area contributed by atoms with Gasteiger partial charge in [0.2, 0.25) is 21.8 Å². The Bertz CT molecular complexity index is 1110. The number of carbonyl (C=O) groups is 2. The Morgan fingerprint density at radius 3 is 2.33 bits per heavy atom. The van der Waals surface area contributed by atoms with Crippen LogP contribution in [0.2, 0.25) is 10.0 Å². The Balaban J connectivity index is 2.48. The number of amides is 2. The van der Waals surface area contributed by atoms with Crippen molar-refractivity contribution in [3.05, 3.63) is 58.1 Å². The SMILES string of the molecule is CCC(C(=O)NC)N(Cc1ccc(Cl)c(Cl)c1)C(=O)CN(c1ccccc1OC)S(C)(=O)=O. The van der Waals surface area contributed by atoms with E-state index in [2.05, 4.69) is 5.32 Å². The summed E-state index contributed by atoms with van der Waals surface area (Å²) in [5.41, 5.74) is 0.863. The lowest BCUT2D eigenvalue weighted by atomic mass is 10.1. The van der Waals surface area contributed by atoms with Crippen molar-refractivity contribution in [2.24, 2.45) is 0 Å². The summed E-state index contributed by atoms with van der Waals surface area (Å²) in [6.45, 7) is 1.28. The van der Waals surface area contributed by atoms with Crippen molar-refractivity contribution in [2.45, 2.75) is 25.9 Å². The van der Waals surface area contributed by atoms with Crippen LogP contribution in [-0.4, -0.2) is 58.1 Å². The Hall–Kier alpha value is -2.49. The fourth-order valence-electron chi connectivity index (χ4n) is 3.35. The molecule has 0 radical (unpaired) electrons. The van der Waals surface area contributed by atoms with Crippen LogP contribution < -0.4 is 14.4 Å². The monoisotopic (exact) mass is 515 g/mol. The Labute approximate surface area is 204 Å². The van der Waals surface area contributed by atoms with Gasteiger partial charge in [-0.15, -0.1) is 0 Å². The number of benzene rings is 2. The van der Waals surface area contributed by atoms with E-state index in [0.717, 1.165) is 10.6 Å². The van der Waals surface area contributed by atoms with Gasteiger partial charge in [0.1, 0.15) is 18.3 Å². The predicted octanol–water partition coefficient (Wildman–Crippen LogP) is 3.32. The molecule has 11 heteroatoms. The van der Waals surface area contributed by atoms with Crippen molar-refractivity contribution < 1.29 is 22.7 Å². The fraction of sp³-hybridized carbons (Fsp3) is 0.364. The molecule has 2 aromatic carbocycles. The second-order valence-electron chi connectivity index (χ2n) is 7.25. The summed E-state index contributed by atoms with van der Waals surface area (Å²) in [4.78, 5) is 27.4. The van der Waals surface area contributed by atoms with Crippen LogP contribution in [0.3, 0.4) is 0 Å². The first kappa shape index (κ1) is 26.8. The number of rotatable bonds is 10. The maximum atomic E-state index is 13.5. The van der Waals surface area contributed by atoms with Crippen LogP contribution in [0, 0.1) is 0 Å². The van der Waals surface area contributed by atoms with Gasteiger partial charge in [0.25, 0.3) is 0 Å². The highest BCUT2D eigenvalue weighted by Crippen LogP contribution is 2.30. The van der Waals surface area contributed by atoms with Crippen molar-refractivity contribution in [2.75, 3.05) is 31.3 Å². The summed E-state index contributed by atoms with van der Waals surface area (Å²) in [5, 5.41) is 3.22. The average molecular weight is 516 g/mol. The highest BCUT2D eigenvalue weighted by molar-refractivity contribution is 7.92. The van der Waals surface area contributed by atoms with E-state index in [4.69, 9.17) is 27.9 Å². The van der Waals surface area contributed by atoms with Gasteiger partial charge in [0.15, 0.2) is 0 Å². The molecule has 2 amide bonds. The molecular weight excluding hydrogens is 489 g/mol. The number of nitrogens with one attached hydrogen (secondary N) is 1. The van der Waals surface area contributed by atoms with E-state index in [1.807, 2.05) is 0 Å². The summed E-state index contributed by atoms with van der Waals surface area (Å²) in [6.07, 6.45) is 1.33. The van der Waals surface area contributed by atoms with Gasteiger partial charge in [0.05, 0.1) is 29.1 Å². The third kappa shape index (κ3) is 6.75. The number of hydrogen-bond acceptors (Lipinski definition) is 5. The molecular formula is C22H27Cl2N3O5S. The normalized spacial score (nSPS) is 12.1. The van der Waals surface area contributed by atoms with Gasteiger partial charge < -0.3 is 15.0 Å². The van der Waals surface area contributed by atoms with E-state index in [1.165, 1.54) is 19.1 Å². The lowest BCUT2D eigenvalue weighted by Gasteiger charge is -2.32. The first-order valence-corrected chi connectivity index (χ1v) is 12.7. The summed E-state index contributed by atoms with van der Waals surface area (Å²) in [7, 11) is -0.966. The lowest BCUT2D eigenvalue weighted by molar-refractivity contribution is -0.140. The third-order valence-electron chi connectivity index (χ3n) is 5.00. The quantitative estimate of drug-likeness (QED) is 0.523. The molecule has 1 atom stereocenters. The minimum Gasteiger partial charge on any atom is -0.495 e. The number of hydrogen-bond donors (Lipinski definition) is 1. The minimum atomic E-state index is -3.86. The van der Waals surface area contributed by atoms with Gasteiger partial charge >= 0.3 is 0 Å². The zero-order valence-corrected chi connectivity index (χ0v) is 21.2. The van der Waals surface area contributed by atoms with E-state index in [9.17, 15) is 18.0 Å². The fourth-order valence-corrected chi connectivity index (χ4v) is 4.53.